The number of carbonyl (C=O) groups excluding carboxylic acids is 2. The van der Waals surface area contributed by atoms with Crippen molar-refractivity contribution in [3.63, 3.8) is 0 Å². The molecule has 1 aromatic rings. The van der Waals surface area contributed by atoms with E-state index in [-0.39, 0.29) is 23.8 Å². The summed E-state index contributed by atoms with van der Waals surface area (Å²) >= 11 is 0. The standard InChI is InChI=1S/C19H27N3O2/c1-14(15-6-4-3-5-7-15)22-13-16(12-18(22)23)19(24)21-10-8-17(20-2)9-11-21/h3-7,14,16-17,20H,8-13H2,1-2H3. The highest BCUT2D eigenvalue weighted by atomic mass is 16.2. The number of carbonyl (C=O) groups is 2. The maximum absolute atomic E-state index is 12.8. The Balaban J connectivity index is 1.61. The Kier molecular flexibility index (Phi) is 5.19. The Hall–Kier alpha value is -1.88. The number of nitrogens with zero attached hydrogens (tertiary/aromatic N) is 2. The SMILES string of the molecule is CNC1CCN(C(=O)C2CC(=O)N(C(C)c3ccccc3)C2)CC1. The van der Waals surface area contributed by atoms with Gasteiger partial charge in [-0.2, -0.15) is 0 Å². The van der Waals surface area contributed by atoms with Crippen molar-refractivity contribution < 1.29 is 9.59 Å². The summed E-state index contributed by atoms with van der Waals surface area (Å²) in [5.74, 6) is 0.0604. The molecule has 2 unspecified atom stereocenters. The van der Waals surface area contributed by atoms with Gasteiger partial charge < -0.3 is 15.1 Å². The van der Waals surface area contributed by atoms with Crippen molar-refractivity contribution in [1.82, 2.24) is 15.1 Å². The summed E-state index contributed by atoms with van der Waals surface area (Å²) < 4.78 is 0. The topological polar surface area (TPSA) is 52.7 Å². The van der Waals surface area contributed by atoms with Crippen LogP contribution in [0.2, 0.25) is 0 Å². The van der Waals surface area contributed by atoms with E-state index < -0.39 is 0 Å². The zero-order valence-electron chi connectivity index (χ0n) is 14.6. The smallest absolute Gasteiger partial charge is 0.227 e. The average molecular weight is 329 g/mol. The Morgan fingerprint density at radius 1 is 1.21 bits per heavy atom. The summed E-state index contributed by atoms with van der Waals surface area (Å²) in [6, 6.07) is 10.6. The van der Waals surface area contributed by atoms with Crippen LogP contribution in [0.4, 0.5) is 0 Å². The van der Waals surface area contributed by atoms with Crippen molar-refractivity contribution in [2.45, 2.75) is 38.3 Å². The van der Waals surface area contributed by atoms with Gasteiger partial charge >= 0.3 is 0 Å². The molecule has 0 saturated carbocycles. The van der Waals surface area contributed by atoms with Gasteiger partial charge in [0.25, 0.3) is 0 Å². The molecular weight excluding hydrogens is 302 g/mol. The molecule has 130 valence electrons. The fourth-order valence-electron chi connectivity index (χ4n) is 3.83. The number of likely N-dealkylation sites (tertiary alicyclic amines) is 2. The molecule has 0 aromatic heterocycles. The molecule has 2 heterocycles. The van der Waals surface area contributed by atoms with Gasteiger partial charge in [0.1, 0.15) is 0 Å². The molecular formula is C19H27N3O2. The third kappa shape index (κ3) is 3.46. The quantitative estimate of drug-likeness (QED) is 0.916. The minimum atomic E-state index is -0.185. The number of hydrogen-bond acceptors (Lipinski definition) is 3. The molecule has 0 aliphatic carbocycles. The lowest BCUT2D eigenvalue weighted by molar-refractivity contribution is -0.136. The summed E-state index contributed by atoms with van der Waals surface area (Å²) in [5, 5.41) is 3.28. The highest BCUT2D eigenvalue weighted by molar-refractivity contribution is 5.89. The molecule has 0 radical (unpaired) electrons. The van der Waals surface area contributed by atoms with Crippen LogP contribution in [0.3, 0.4) is 0 Å². The van der Waals surface area contributed by atoms with Crippen molar-refractivity contribution in [3.05, 3.63) is 35.9 Å². The zero-order valence-corrected chi connectivity index (χ0v) is 14.6. The molecule has 5 nitrogen and oxygen atoms in total. The third-order valence-electron chi connectivity index (χ3n) is 5.47. The van der Waals surface area contributed by atoms with E-state index in [2.05, 4.69) is 5.32 Å². The largest absolute Gasteiger partial charge is 0.342 e. The maximum Gasteiger partial charge on any atom is 0.227 e. The van der Waals surface area contributed by atoms with Crippen LogP contribution in [0.15, 0.2) is 30.3 Å². The molecule has 2 atom stereocenters. The number of hydrogen-bond donors (Lipinski definition) is 1. The van der Waals surface area contributed by atoms with E-state index in [9.17, 15) is 9.59 Å². The van der Waals surface area contributed by atoms with E-state index in [1.807, 2.05) is 54.1 Å². The van der Waals surface area contributed by atoms with E-state index in [0.29, 0.717) is 19.0 Å². The number of piperidine rings is 1. The van der Waals surface area contributed by atoms with Gasteiger partial charge in [-0.25, -0.2) is 0 Å². The summed E-state index contributed by atoms with van der Waals surface area (Å²) in [5.41, 5.74) is 1.12. The molecule has 0 spiro atoms. The van der Waals surface area contributed by atoms with Crippen LogP contribution in [0, 0.1) is 5.92 Å². The van der Waals surface area contributed by atoms with Gasteiger partial charge in [-0.3, -0.25) is 9.59 Å². The number of nitrogens with one attached hydrogen (secondary N) is 1. The summed E-state index contributed by atoms with van der Waals surface area (Å²) in [6.07, 6.45) is 2.34. The van der Waals surface area contributed by atoms with Gasteiger partial charge in [0.15, 0.2) is 0 Å². The van der Waals surface area contributed by atoms with Gasteiger partial charge in [-0.15, -0.1) is 0 Å². The molecule has 2 fully saturated rings. The molecule has 2 amide bonds. The summed E-state index contributed by atoms with van der Waals surface area (Å²) in [4.78, 5) is 29.0. The third-order valence-corrected chi connectivity index (χ3v) is 5.47. The van der Waals surface area contributed by atoms with Crippen molar-refractivity contribution in [2.24, 2.45) is 5.92 Å². The molecule has 0 bridgehead atoms. The first-order chi connectivity index (χ1) is 11.6. The van der Waals surface area contributed by atoms with Crippen LogP contribution in [0.25, 0.3) is 0 Å². The molecule has 1 aromatic carbocycles. The molecule has 2 aliphatic rings. The number of benzene rings is 1. The average Bonchev–Trinajstić information content (AvgIpc) is 3.03. The van der Waals surface area contributed by atoms with E-state index in [4.69, 9.17) is 0 Å². The zero-order chi connectivity index (χ0) is 17.1. The fraction of sp³-hybridized carbons (Fsp3) is 0.579. The lowest BCUT2D eigenvalue weighted by Gasteiger charge is -2.33. The van der Waals surface area contributed by atoms with Crippen LogP contribution >= 0.6 is 0 Å². The molecule has 2 aliphatic heterocycles. The summed E-state index contributed by atoms with van der Waals surface area (Å²) in [6.45, 7) is 4.17. The van der Waals surface area contributed by atoms with E-state index in [1.54, 1.807) is 0 Å². The first-order valence-corrected chi connectivity index (χ1v) is 8.90. The van der Waals surface area contributed by atoms with Gasteiger partial charge in [-0.1, -0.05) is 30.3 Å². The van der Waals surface area contributed by atoms with Crippen LogP contribution in [-0.2, 0) is 9.59 Å². The molecule has 2 saturated heterocycles. The second-order valence-electron chi connectivity index (χ2n) is 6.92. The first-order valence-electron chi connectivity index (χ1n) is 8.90. The Bertz CT molecular complexity index is 582. The van der Waals surface area contributed by atoms with Crippen LogP contribution < -0.4 is 5.32 Å². The Morgan fingerprint density at radius 2 is 1.88 bits per heavy atom. The van der Waals surface area contributed by atoms with Crippen LogP contribution in [-0.4, -0.2) is 54.3 Å². The number of amides is 2. The lowest BCUT2D eigenvalue weighted by atomic mass is 10.0. The van der Waals surface area contributed by atoms with Crippen molar-refractivity contribution >= 4 is 11.8 Å². The minimum Gasteiger partial charge on any atom is -0.342 e. The highest BCUT2D eigenvalue weighted by Crippen LogP contribution is 2.29. The molecule has 3 rings (SSSR count). The first kappa shape index (κ1) is 17.0. The van der Waals surface area contributed by atoms with Gasteiger partial charge in [0, 0.05) is 32.1 Å². The predicted octanol–water partition coefficient (Wildman–Crippen LogP) is 1.81. The molecule has 5 heteroatoms. The fourth-order valence-corrected chi connectivity index (χ4v) is 3.83. The second kappa shape index (κ2) is 7.34. The van der Waals surface area contributed by atoms with E-state index in [1.165, 1.54) is 0 Å². The van der Waals surface area contributed by atoms with Crippen LogP contribution in [0.5, 0.6) is 0 Å². The predicted molar refractivity (Wildman–Crippen MR) is 93.3 cm³/mol. The Morgan fingerprint density at radius 3 is 2.50 bits per heavy atom. The summed E-state index contributed by atoms with van der Waals surface area (Å²) in [7, 11) is 1.97. The van der Waals surface area contributed by atoms with Gasteiger partial charge in [0.2, 0.25) is 11.8 Å². The minimum absolute atomic E-state index is 0.0199. The van der Waals surface area contributed by atoms with Crippen molar-refractivity contribution in [3.8, 4) is 0 Å². The van der Waals surface area contributed by atoms with Gasteiger partial charge in [-0.05, 0) is 32.4 Å². The van der Waals surface area contributed by atoms with Gasteiger partial charge in [0.05, 0.1) is 12.0 Å². The molecule has 24 heavy (non-hydrogen) atoms. The molecule has 1 N–H and O–H groups in total. The Labute approximate surface area is 144 Å². The number of rotatable bonds is 4. The normalized spacial score (nSPS) is 23.6. The van der Waals surface area contributed by atoms with E-state index >= 15 is 0 Å². The van der Waals surface area contributed by atoms with Crippen LogP contribution in [0.1, 0.15) is 37.8 Å². The second-order valence-corrected chi connectivity index (χ2v) is 6.92. The lowest BCUT2D eigenvalue weighted by Crippen LogP contribution is -2.46. The van der Waals surface area contributed by atoms with E-state index in [0.717, 1.165) is 31.5 Å². The highest BCUT2D eigenvalue weighted by Gasteiger charge is 2.39. The van der Waals surface area contributed by atoms with Crippen molar-refractivity contribution in [1.29, 1.82) is 0 Å². The maximum atomic E-state index is 12.8. The van der Waals surface area contributed by atoms with Crippen molar-refractivity contribution in [2.75, 3.05) is 26.7 Å². The monoisotopic (exact) mass is 329 g/mol.